The van der Waals surface area contributed by atoms with Gasteiger partial charge in [0.1, 0.15) is 6.04 Å². The van der Waals surface area contributed by atoms with Gasteiger partial charge in [0.25, 0.3) is 5.91 Å². The lowest BCUT2D eigenvalue weighted by atomic mass is 9.96. The van der Waals surface area contributed by atoms with Gasteiger partial charge >= 0.3 is 5.97 Å². The second kappa shape index (κ2) is 7.96. The van der Waals surface area contributed by atoms with Crippen molar-refractivity contribution in [3.63, 3.8) is 0 Å². The monoisotopic (exact) mass is 416 g/mol. The summed E-state index contributed by atoms with van der Waals surface area (Å²) in [4.78, 5) is 24.3. The summed E-state index contributed by atoms with van der Waals surface area (Å²) in [6, 6.07) is 11.4. The molecule has 1 heterocycles. The Bertz CT molecular complexity index is 1060. The van der Waals surface area contributed by atoms with E-state index in [-0.39, 0.29) is 17.9 Å². The molecule has 29 heavy (non-hydrogen) atoms. The van der Waals surface area contributed by atoms with E-state index in [1.165, 1.54) is 6.92 Å². The Morgan fingerprint density at radius 3 is 2.45 bits per heavy atom. The number of amides is 1. The summed E-state index contributed by atoms with van der Waals surface area (Å²) >= 11 is 0. The molecule has 0 spiro atoms. The summed E-state index contributed by atoms with van der Waals surface area (Å²) in [5.74, 6) is -1.59. The van der Waals surface area contributed by atoms with Gasteiger partial charge in [-0.2, -0.15) is 4.31 Å². The summed E-state index contributed by atoms with van der Waals surface area (Å²) in [7, 11) is -3.99. The number of nitrogens with two attached hydrogens (primary N) is 1. The van der Waals surface area contributed by atoms with Gasteiger partial charge in [-0.15, -0.1) is 0 Å². The van der Waals surface area contributed by atoms with E-state index in [4.69, 9.17) is 10.5 Å². The quantitative estimate of drug-likeness (QED) is 0.749. The Morgan fingerprint density at radius 2 is 1.79 bits per heavy atom. The smallest absolute Gasteiger partial charge is 0.325 e. The zero-order valence-electron chi connectivity index (χ0n) is 16.6. The Morgan fingerprint density at radius 1 is 1.14 bits per heavy atom. The molecule has 0 saturated carbocycles. The molecule has 154 valence electrons. The fourth-order valence-corrected chi connectivity index (χ4v) is 5.24. The van der Waals surface area contributed by atoms with E-state index in [1.54, 1.807) is 19.1 Å². The summed E-state index contributed by atoms with van der Waals surface area (Å²) < 4.78 is 33.4. The van der Waals surface area contributed by atoms with Gasteiger partial charge in [-0.25, -0.2) is 8.42 Å². The largest absolute Gasteiger partial charge is 0.451 e. The van der Waals surface area contributed by atoms with Gasteiger partial charge in [0.2, 0.25) is 10.0 Å². The molecule has 8 heteroatoms. The molecule has 1 aliphatic heterocycles. The standard InChI is InChI=1S/C21H24N2O5S/c1-13-8-9-14(2)19(10-13)29(26,27)23-12-17-7-5-4-6-16(17)11-18(23)21(25)28-15(3)20(22)24/h4-10,15,18H,11-12H2,1-3H3,(H2,22,24)/t15-,18-/m0/s1. The van der Waals surface area contributed by atoms with E-state index in [2.05, 4.69) is 0 Å². The molecule has 2 aromatic carbocycles. The molecule has 0 bridgehead atoms. The number of sulfonamides is 1. The van der Waals surface area contributed by atoms with E-state index in [9.17, 15) is 18.0 Å². The van der Waals surface area contributed by atoms with Crippen molar-refractivity contribution < 1.29 is 22.7 Å². The maximum atomic E-state index is 13.5. The first kappa shape index (κ1) is 21.0. The van der Waals surface area contributed by atoms with Crippen molar-refractivity contribution in [3.8, 4) is 0 Å². The number of carbonyl (C=O) groups excluding carboxylic acids is 2. The predicted octanol–water partition coefficient (Wildman–Crippen LogP) is 1.84. The molecule has 2 aromatic rings. The lowest BCUT2D eigenvalue weighted by Crippen LogP contribution is -2.50. The number of rotatable bonds is 5. The lowest BCUT2D eigenvalue weighted by molar-refractivity contribution is -0.157. The highest BCUT2D eigenvalue weighted by atomic mass is 32.2. The molecule has 0 saturated heterocycles. The minimum Gasteiger partial charge on any atom is -0.451 e. The van der Waals surface area contributed by atoms with Crippen LogP contribution in [0.4, 0.5) is 0 Å². The van der Waals surface area contributed by atoms with Crippen LogP contribution in [0.15, 0.2) is 47.4 Å². The van der Waals surface area contributed by atoms with E-state index in [0.29, 0.717) is 5.56 Å². The number of hydrogen-bond acceptors (Lipinski definition) is 5. The van der Waals surface area contributed by atoms with Gasteiger partial charge < -0.3 is 10.5 Å². The maximum absolute atomic E-state index is 13.5. The Kier molecular flexibility index (Phi) is 5.77. The van der Waals surface area contributed by atoms with Crippen LogP contribution in [0.1, 0.15) is 29.2 Å². The van der Waals surface area contributed by atoms with Crippen LogP contribution in [-0.2, 0) is 37.3 Å². The third kappa shape index (κ3) is 4.18. The lowest BCUT2D eigenvalue weighted by Gasteiger charge is -2.35. The molecular weight excluding hydrogens is 392 g/mol. The van der Waals surface area contributed by atoms with Gasteiger partial charge in [0, 0.05) is 13.0 Å². The molecule has 0 fully saturated rings. The number of primary amides is 1. The molecule has 2 N–H and O–H groups in total. The van der Waals surface area contributed by atoms with Crippen molar-refractivity contribution in [2.75, 3.05) is 0 Å². The normalized spacial score (nSPS) is 18.0. The molecule has 7 nitrogen and oxygen atoms in total. The molecule has 0 unspecified atom stereocenters. The third-order valence-corrected chi connectivity index (χ3v) is 7.10. The zero-order valence-corrected chi connectivity index (χ0v) is 17.4. The number of ether oxygens (including phenoxy) is 1. The Labute approximate surface area is 170 Å². The van der Waals surface area contributed by atoms with E-state index < -0.39 is 34.0 Å². The van der Waals surface area contributed by atoms with Crippen molar-refractivity contribution >= 4 is 21.9 Å². The first-order chi connectivity index (χ1) is 13.6. The summed E-state index contributed by atoms with van der Waals surface area (Å²) in [5.41, 5.74) is 8.28. The van der Waals surface area contributed by atoms with Crippen LogP contribution in [0.2, 0.25) is 0 Å². The van der Waals surface area contributed by atoms with Gasteiger partial charge in [-0.3, -0.25) is 9.59 Å². The molecule has 2 atom stereocenters. The van der Waals surface area contributed by atoms with Gasteiger partial charge in [0.15, 0.2) is 6.10 Å². The number of carbonyl (C=O) groups is 2. The van der Waals surface area contributed by atoms with E-state index in [0.717, 1.165) is 21.0 Å². The highest BCUT2D eigenvalue weighted by molar-refractivity contribution is 7.89. The number of hydrogen-bond donors (Lipinski definition) is 1. The minimum absolute atomic E-state index is 0.0383. The Balaban J connectivity index is 2.06. The average Bonchev–Trinajstić information content (AvgIpc) is 2.68. The number of fused-ring (bicyclic) bond motifs is 1. The van der Waals surface area contributed by atoms with Crippen molar-refractivity contribution in [2.45, 2.75) is 50.8 Å². The van der Waals surface area contributed by atoms with Crippen LogP contribution in [-0.4, -0.2) is 36.7 Å². The maximum Gasteiger partial charge on any atom is 0.325 e. The second-order valence-corrected chi connectivity index (χ2v) is 9.15. The van der Waals surface area contributed by atoms with Crippen LogP contribution in [0.25, 0.3) is 0 Å². The highest BCUT2D eigenvalue weighted by Gasteiger charge is 2.41. The number of esters is 1. The molecule has 1 aliphatic rings. The second-order valence-electron chi connectivity index (χ2n) is 7.29. The van der Waals surface area contributed by atoms with E-state index >= 15 is 0 Å². The first-order valence-corrected chi connectivity index (χ1v) is 10.7. The van der Waals surface area contributed by atoms with Gasteiger partial charge in [-0.05, 0) is 49.1 Å². The molecule has 0 radical (unpaired) electrons. The SMILES string of the molecule is Cc1ccc(C)c(S(=O)(=O)N2Cc3ccccc3C[C@H]2C(=O)O[C@@H](C)C(N)=O)c1. The molecular formula is C21H24N2O5S. The average molecular weight is 416 g/mol. The fourth-order valence-electron chi connectivity index (χ4n) is 3.37. The molecule has 0 aromatic heterocycles. The van der Waals surface area contributed by atoms with Crippen LogP contribution >= 0.6 is 0 Å². The summed E-state index contributed by atoms with van der Waals surface area (Å²) in [5, 5.41) is 0. The molecule has 3 rings (SSSR count). The van der Waals surface area contributed by atoms with Gasteiger partial charge in [-0.1, -0.05) is 36.4 Å². The van der Waals surface area contributed by atoms with Crippen LogP contribution in [0.5, 0.6) is 0 Å². The zero-order chi connectivity index (χ0) is 21.3. The Hall–Kier alpha value is -2.71. The summed E-state index contributed by atoms with van der Waals surface area (Å²) in [6.45, 7) is 4.92. The number of benzene rings is 2. The van der Waals surface area contributed by atoms with Crippen molar-refractivity contribution in [1.29, 1.82) is 0 Å². The third-order valence-electron chi connectivity index (χ3n) is 5.10. The van der Waals surface area contributed by atoms with Crippen molar-refractivity contribution in [3.05, 3.63) is 64.7 Å². The predicted molar refractivity (Wildman–Crippen MR) is 107 cm³/mol. The van der Waals surface area contributed by atoms with Crippen molar-refractivity contribution in [1.82, 2.24) is 4.31 Å². The molecule has 1 amide bonds. The number of nitrogens with zero attached hydrogens (tertiary/aromatic N) is 1. The topological polar surface area (TPSA) is 107 Å². The molecule has 0 aliphatic carbocycles. The number of aryl methyl sites for hydroxylation is 2. The fraction of sp³-hybridized carbons (Fsp3) is 0.333. The van der Waals surface area contributed by atoms with Crippen LogP contribution < -0.4 is 5.73 Å². The van der Waals surface area contributed by atoms with Crippen LogP contribution in [0, 0.1) is 13.8 Å². The van der Waals surface area contributed by atoms with Crippen molar-refractivity contribution in [2.24, 2.45) is 5.73 Å². The first-order valence-electron chi connectivity index (χ1n) is 9.27. The summed E-state index contributed by atoms with van der Waals surface area (Å²) in [6.07, 6.45) is -0.991. The van der Waals surface area contributed by atoms with Gasteiger partial charge in [0.05, 0.1) is 4.90 Å². The highest BCUT2D eigenvalue weighted by Crippen LogP contribution is 2.31. The van der Waals surface area contributed by atoms with E-state index in [1.807, 2.05) is 37.3 Å². The van der Waals surface area contributed by atoms with Crippen LogP contribution in [0.3, 0.4) is 0 Å². The minimum atomic E-state index is -3.99.